The van der Waals surface area contributed by atoms with Gasteiger partial charge in [-0.05, 0) is 61.1 Å². The molecule has 4 aromatic rings. The predicted octanol–water partition coefficient (Wildman–Crippen LogP) is 5.18. The third kappa shape index (κ3) is 5.79. The number of hydrogen-bond donors (Lipinski definition) is 2. The molecule has 3 heterocycles. The van der Waals surface area contributed by atoms with Gasteiger partial charge < -0.3 is 20.5 Å². The quantitative estimate of drug-likeness (QED) is 0.333. The molecule has 0 radical (unpaired) electrons. The maximum absolute atomic E-state index is 11.4. The Kier molecular flexibility index (Phi) is 7.51. The second-order valence-electron chi connectivity index (χ2n) is 12.0. The molecule has 9 nitrogen and oxygen atoms in total. The molecule has 0 saturated carbocycles. The minimum absolute atomic E-state index is 0.0412. The van der Waals surface area contributed by atoms with Crippen molar-refractivity contribution in [3.8, 4) is 0 Å². The van der Waals surface area contributed by atoms with Gasteiger partial charge >= 0.3 is 0 Å². The normalized spacial score (nSPS) is 14.7. The van der Waals surface area contributed by atoms with Crippen LogP contribution in [0.25, 0.3) is 11.2 Å². The summed E-state index contributed by atoms with van der Waals surface area (Å²) in [6, 6.07) is 14.4. The number of amides is 1. The molecular weight excluding hydrogens is 500 g/mol. The zero-order chi connectivity index (χ0) is 28.6. The van der Waals surface area contributed by atoms with E-state index in [1.54, 1.807) is 12.1 Å². The molecule has 0 bridgehead atoms. The van der Waals surface area contributed by atoms with Crippen LogP contribution in [0.1, 0.15) is 67.7 Å². The molecule has 1 fully saturated rings. The molecular formula is C31H40N8O. The molecule has 0 unspecified atom stereocenters. The van der Waals surface area contributed by atoms with Crippen LogP contribution in [0.2, 0.25) is 0 Å². The Morgan fingerprint density at radius 2 is 1.73 bits per heavy atom. The van der Waals surface area contributed by atoms with E-state index in [-0.39, 0.29) is 11.5 Å². The molecule has 5 rings (SSSR count). The molecule has 0 aliphatic carbocycles. The number of nitrogens with zero attached hydrogens (tertiary/aromatic N) is 6. The van der Waals surface area contributed by atoms with Gasteiger partial charge in [-0.3, -0.25) is 9.69 Å². The first-order chi connectivity index (χ1) is 19.0. The lowest BCUT2D eigenvalue weighted by molar-refractivity contribution is 0.1000. The lowest BCUT2D eigenvalue weighted by Crippen LogP contribution is -2.46. The van der Waals surface area contributed by atoms with Crippen LogP contribution in [0.5, 0.6) is 0 Å². The van der Waals surface area contributed by atoms with Gasteiger partial charge in [0.15, 0.2) is 11.5 Å². The Morgan fingerprint density at radius 3 is 2.35 bits per heavy atom. The van der Waals surface area contributed by atoms with Gasteiger partial charge in [0.25, 0.3) is 0 Å². The summed E-state index contributed by atoms with van der Waals surface area (Å²) >= 11 is 0. The van der Waals surface area contributed by atoms with Crippen molar-refractivity contribution in [3.63, 3.8) is 0 Å². The first-order valence-electron chi connectivity index (χ1n) is 14.0. The van der Waals surface area contributed by atoms with Crippen molar-refractivity contribution in [3.05, 3.63) is 71.0 Å². The van der Waals surface area contributed by atoms with Gasteiger partial charge in [0, 0.05) is 50.0 Å². The molecule has 40 heavy (non-hydrogen) atoms. The summed E-state index contributed by atoms with van der Waals surface area (Å²) in [6.07, 6.45) is 1.86. The van der Waals surface area contributed by atoms with Gasteiger partial charge in [-0.2, -0.15) is 9.97 Å². The number of nitrogens with two attached hydrogens (primary N) is 1. The van der Waals surface area contributed by atoms with E-state index in [0.29, 0.717) is 17.2 Å². The van der Waals surface area contributed by atoms with E-state index in [4.69, 9.17) is 15.7 Å². The van der Waals surface area contributed by atoms with E-state index in [2.05, 4.69) is 84.4 Å². The second-order valence-corrected chi connectivity index (χ2v) is 12.0. The molecule has 9 heteroatoms. The van der Waals surface area contributed by atoms with Crippen molar-refractivity contribution >= 4 is 34.5 Å². The first kappa shape index (κ1) is 27.6. The highest BCUT2D eigenvalue weighted by Gasteiger charge is 2.23. The van der Waals surface area contributed by atoms with Crippen molar-refractivity contribution in [2.45, 2.75) is 59.5 Å². The van der Waals surface area contributed by atoms with Gasteiger partial charge in [-0.15, -0.1) is 0 Å². The highest BCUT2D eigenvalue weighted by atomic mass is 16.1. The fourth-order valence-electron chi connectivity index (χ4n) is 5.04. The zero-order valence-electron chi connectivity index (χ0n) is 24.4. The summed E-state index contributed by atoms with van der Waals surface area (Å²) in [7, 11) is 0. The van der Waals surface area contributed by atoms with Crippen LogP contribution >= 0.6 is 0 Å². The largest absolute Gasteiger partial charge is 0.366 e. The Hall–Kier alpha value is -3.98. The third-order valence-electron chi connectivity index (χ3n) is 7.63. The minimum atomic E-state index is -0.402. The number of anilines is 3. The van der Waals surface area contributed by atoms with Crippen molar-refractivity contribution < 1.29 is 4.79 Å². The van der Waals surface area contributed by atoms with Crippen molar-refractivity contribution in [1.82, 2.24) is 24.4 Å². The van der Waals surface area contributed by atoms with Crippen LogP contribution in [-0.2, 0) is 12.0 Å². The Labute approximate surface area is 236 Å². The van der Waals surface area contributed by atoms with Crippen molar-refractivity contribution in [2.24, 2.45) is 5.73 Å². The summed E-state index contributed by atoms with van der Waals surface area (Å²) in [5, 5.41) is 3.66. The summed E-state index contributed by atoms with van der Waals surface area (Å²) in [6.45, 7) is 17.3. The highest BCUT2D eigenvalue weighted by Crippen LogP contribution is 2.32. The number of benzene rings is 2. The summed E-state index contributed by atoms with van der Waals surface area (Å²) in [4.78, 5) is 30.7. The molecule has 1 amide bonds. The van der Waals surface area contributed by atoms with Crippen LogP contribution < -0.4 is 16.0 Å². The predicted molar refractivity (Wildman–Crippen MR) is 161 cm³/mol. The number of aryl methyl sites for hydroxylation is 1. The average molecular weight is 541 g/mol. The summed E-state index contributed by atoms with van der Waals surface area (Å²) in [5.74, 6) is 1.07. The average Bonchev–Trinajstić information content (AvgIpc) is 3.35. The number of piperazine rings is 1. The monoisotopic (exact) mass is 540 g/mol. The molecule has 1 saturated heterocycles. The van der Waals surface area contributed by atoms with Gasteiger partial charge in [0.05, 0.1) is 6.33 Å². The van der Waals surface area contributed by atoms with E-state index in [0.717, 1.165) is 60.9 Å². The second kappa shape index (κ2) is 10.9. The van der Waals surface area contributed by atoms with E-state index >= 15 is 0 Å². The van der Waals surface area contributed by atoms with Gasteiger partial charge in [0.2, 0.25) is 11.9 Å². The van der Waals surface area contributed by atoms with Crippen molar-refractivity contribution in [2.75, 3.05) is 36.4 Å². The van der Waals surface area contributed by atoms with Crippen LogP contribution in [0.3, 0.4) is 0 Å². The zero-order valence-corrected chi connectivity index (χ0v) is 24.4. The summed E-state index contributed by atoms with van der Waals surface area (Å²) in [5.41, 5.74) is 12.2. The number of primary amides is 1. The number of fused-ring (bicyclic) bond motifs is 1. The van der Waals surface area contributed by atoms with Gasteiger partial charge in [-0.1, -0.05) is 45.0 Å². The highest BCUT2D eigenvalue weighted by molar-refractivity contribution is 5.92. The number of aromatic nitrogens is 4. The van der Waals surface area contributed by atoms with E-state index in [1.807, 2.05) is 18.5 Å². The summed E-state index contributed by atoms with van der Waals surface area (Å²) < 4.78 is 2.13. The number of nitrogens with one attached hydrogen (secondary N) is 1. The van der Waals surface area contributed by atoms with Crippen LogP contribution in [0, 0.1) is 6.92 Å². The van der Waals surface area contributed by atoms with Crippen LogP contribution in [0.15, 0.2) is 48.8 Å². The Bertz CT molecular complexity index is 1510. The third-order valence-corrected chi connectivity index (χ3v) is 7.63. The first-order valence-corrected chi connectivity index (χ1v) is 14.0. The molecule has 2 aromatic carbocycles. The smallest absolute Gasteiger partial charge is 0.248 e. The number of carbonyl (C=O) groups excluding carboxylic acids is 1. The molecule has 2 aromatic heterocycles. The number of rotatable bonds is 7. The van der Waals surface area contributed by atoms with E-state index in [9.17, 15) is 4.79 Å². The van der Waals surface area contributed by atoms with Crippen LogP contribution in [-0.4, -0.2) is 56.5 Å². The van der Waals surface area contributed by atoms with Gasteiger partial charge in [0.1, 0.15) is 5.52 Å². The lowest BCUT2D eigenvalue weighted by atomic mass is 9.86. The SMILES string of the molecule is Cc1ccc(C(C)(C)C)cc1Nc1nc(N2CCN(Cc3ccc(C(N)=O)cc3)CC2)nc2ncn(C(C)C)c12. The maximum Gasteiger partial charge on any atom is 0.248 e. The molecule has 0 spiro atoms. The van der Waals surface area contributed by atoms with Crippen LogP contribution in [0.4, 0.5) is 17.5 Å². The standard InChI is InChI=1S/C31H40N8O/c1-20(2)39-19-33-28-26(39)29(34-25-17-24(31(4,5)6)12-7-21(25)3)36-30(35-28)38-15-13-37(14-16-38)18-22-8-10-23(11-9-22)27(32)40/h7-12,17,19-20H,13-16,18H2,1-6H3,(H2,32,40)(H,34,35,36). The molecule has 0 atom stereocenters. The van der Waals surface area contributed by atoms with Crippen molar-refractivity contribution in [1.29, 1.82) is 0 Å². The maximum atomic E-state index is 11.4. The fraction of sp³-hybridized carbons (Fsp3) is 0.419. The minimum Gasteiger partial charge on any atom is -0.366 e. The molecule has 1 aliphatic heterocycles. The number of hydrogen-bond acceptors (Lipinski definition) is 7. The Balaban J connectivity index is 1.39. The number of carbonyl (C=O) groups is 1. The lowest BCUT2D eigenvalue weighted by Gasteiger charge is -2.35. The molecule has 3 N–H and O–H groups in total. The number of imidazole rings is 1. The topological polar surface area (TPSA) is 105 Å². The fourth-order valence-corrected chi connectivity index (χ4v) is 5.04. The Morgan fingerprint density at radius 1 is 1.02 bits per heavy atom. The molecule has 1 aliphatic rings. The van der Waals surface area contributed by atoms with E-state index in [1.165, 1.54) is 5.56 Å². The molecule has 210 valence electrons. The van der Waals surface area contributed by atoms with E-state index < -0.39 is 5.91 Å². The van der Waals surface area contributed by atoms with Gasteiger partial charge in [-0.25, -0.2) is 4.98 Å².